The lowest BCUT2D eigenvalue weighted by Gasteiger charge is -2.30. The van der Waals surface area contributed by atoms with Gasteiger partial charge < -0.3 is 10.1 Å². The number of carbonyl (C=O) groups excluding carboxylic acids is 1. The molecular formula is C19H28ClNO2. The molecule has 1 atom stereocenters. The Kier molecular flexibility index (Phi) is 7.07. The lowest BCUT2D eigenvalue weighted by molar-refractivity contribution is -0.123. The summed E-state index contributed by atoms with van der Waals surface area (Å²) in [5.74, 6) is 0.208. The summed E-state index contributed by atoms with van der Waals surface area (Å²) in [5, 5.41) is 4.31. The van der Waals surface area contributed by atoms with Crippen molar-refractivity contribution in [1.82, 2.24) is 5.32 Å². The van der Waals surface area contributed by atoms with Gasteiger partial charge in [-0.05, 0) is 43.4 Å². The molecule has 0 amide bonds. The molecule has 1 aromatic carbocycles. The summed E-state index contributed by atoms with van der Waals surface area (Å²) < 4.78 is 5.42. The zero-order chi connectivity index (χ0) is 16.8. The summed E-state index contributed by atoms with van der Waals surface area (Å²) in [6.45, 7) is 4.63. The van der Waals surface area contributed by atoms with Crippen LogP contribution in [0.3, 0.4) is 0 Å². The van der Waals surface area contributed by atoms with Crippen molar-refractivity contribution in [3.8, 4) is 0 Å². The molecule has 1 aliphatic carbocycles. The Labute approximate surface area is 144 Å². The summed E-state index contributed by atoms with van der Waals surface area (Å²) in [7, 11) is 1.79. The second-order valence-electron chi connectivity index (χ2n) is 6.78. The number of methoxy groups -OCH3 is 1. The standard InChI is InChI=1S/C19H28ClNO2/c1-13(2)19(22)18(14-4-6-15(20)7-5-14)12-21-16-8-10-17(23-3)11-9-16/h4-7,13,16-18,21H,8-12H2,1-3H3/t16?,17?,18-/m1/s1. The molecule has 2 rings (SSSR count). The molecule has 0 aromatic heterocycles. The first kappa shape index (κ1) is 18.4. The molecular weight excluding hydrogens is 310 g/mol. The molecule has 0 unspecified atom stereocenters. The minimum Gasteiger partial charge on any atom is -0.381 e. The zero-order valence-electron chi connectivity index (χ0n) is 14.3. The number of nitrogens with one attached hydrogen (secondary N) is 1. The fourth-order valence-corrected chi connectivity index (χ4v) is 3.39. The normalized spacial score (nSPS) is 23.0. The monoisotopic (exact) mass is 337 g/mol. The Hall–Kier alpha value is -0.900. The summed E-state index contributed by atoms with van der Waals surface area (Å²) in [4.78, 5) is 12.6. The number of carbonyl (C=O) groups is 1. The van der Waals surface area contributed by atoms with Gasteiger partial charge in [0.05, 0.1) is 12.0 Å². The second kappa shape index (κ2) is 8.81. The molecule has 128 valence electrons. The van der Waals surface area contributed by atoms with Gasteiger partial charge in [0.2, 0.25) is 0 Å². The van der Waals surface area contributed by atoms with E-state index in [1.807, 2.05) is 38.1 Å². The maximum Gasteiger partial charge on any atom is 0.144 e. The number of hydrogen-bond acceptors (Lipinski definition) is 3. The van der Waals surface area contributed by atoms with Gasteiger partial charge in [-0.3, -0.25) is 4.79 Å². The van der Waals surface area contributed by atoms with Crippen molar-refractivity contribution in [3.63, 3.8) is 0 Å². The summed E-state index contributed by atoms with van der Waals surface area (Å²) >= 11 is 5.97. The molecule has 0 saturated heterocycles. The van der Waals surface area contributed by atoms with Crippen LogP contribution < -0.4 is 5.32 Å². The number of ether oxygens (including phenoxy) is 1. The van der Waals surface area contributed by atoms with Crippen LogP contribution in [-0.4, -0.2) is 31.6 Å². The maximum atomic E-state index is 12.6. The lowest BCUT2D eigenvalue weighted by atomic mass is 9.87. The van der Waals surface area contributed by atoms with Crippen molar-refractivity contribution in [2.24, 2.45) is 5.92 Å². The van der Waals surface area contributed by atoms with Crippen molar-refractivity contribution in [3.05, 3.63) is 34.9 Å². The number of rotatable bonds is 7. The highest BCUT2D eigenvalue weighted by molar-refractivity contribution is 6.30. The third kappa shape index (κ3) is 5.30. The van der Waals surface area contributed by atoms with Crippen LogP contribution in [0.5, 0.6) is 0 Å². The topological polar surface area (TPSA) is 38.3 Å². The number of halogens is 1. The summed E-state index contributed by atoms with van der Waals surface area (Å²) in [6, 6.07) is 8.15. The Morgan fingerprint density at radius 3 is 2.35 bits per heavy atom. The molecule has 1 aromatic rings. The largest absolute Gasteiger partial charge is 0.381 e. The van der Waals surface area contributed by atoms with Crippen molar-refractivity contribution >= 4 is 17.4 Å². The van der Waals surface area contributed by atoms with Gasteiger partial charge in [0.1, 0.15) is 5.78 Å². The van der Waals surface area contributed by atoms with Crippen molar-refractivity contribution in [2.75, 3.05) is 13.7 Å². The van der Waals surface area contributed by atoms with Crippen LogP contribution >= 0.6 is 11.6 Å². The van der Waals surface area contributed by atoms with Crippen molar-refractivity contribution in [1.29, 1.82) is 0 Å². The van der Waals surface area contributed by atoms with E-state index in [0.29, 0.717) is 23.7 Å². The Bertz CT molecular complexity index is 493. The predicted octanol–water partition coefficient (Wildman–Crippen LogP) is 4.20. The van der Waals surface area contributed by atoms with E-state index in [-0.39, 0.29) is 17.6 Å². The van der Waals surface area contributed by atoms with Gasteiger partial charge in [0.15, 0.2) is 0 Å². The minimum atomic E-state index is -0.104. The van der Waals surface area contributed by atoms with E-state index in [0.717, 1.165) is 31.2 Å². The first-order valence-electron chi connectivity index (χ1n) is 8.56. The molecule has 0 heterocycles. The molecule has 0 spiro atoms. The van der Waals surface area contributed by atoms with Gasteiger partial charge in [-0.2, -0.15) is 0 Å². The molecule has 0 bridgehead atoms. The third-order valence-electron chi connectivity index (χ3n) is 4.80. The zero-order valence-corrected chi connectivity index (χ0v) is 15.1. The molecule has 0 radical (unpaired) electrons. The molecule has 0 aliphatic heterocycles. The highest BCUT2D eigenvalue weighted by Gasteiger charge is 2.26. The Morgan fingerprint density at radius 1 is 1.22 bits per heavy atom. The molecule has 3 nitrogen and oxygen atoms in total. The number of ketones is 1. The van der Waals surface area contributed by atoms with Crippen LogP contribution in [0.2, 0.25) is 5.02 Å². The summed E-state index contributed by atoms with van der Waals surface area (Å²) in [6.07, 6.45) is 4.82. The van der Waals surface area contributed by atoms with E-state index < -0.39 is 0 Å². The van der Waals surface area contributed by atoms with Crippen LogP contribution in [0.15, 0.2) is 24.3 Å². The number of hydrogen-bond donors (Lipinski definition) is 1. The quantitative estimate of drug-likeness (QED) is 0.810. The molecule has 4 heteroatoms. The van der Waals surface area contributed by atoms with Crippen molar-refractivity contribution < 1.29 is 9.53 Å². The van der Waals surface area contributed by atoms with E-state index in [1.54, 1.807) is 7.11 Å². The highest BCUT2D eigenvalue weighted by Crippen LogP contribution is 2.24. The average Bonchev–Trinajstić information content (AvgIpc) is 2.56. The molecule has 1 saturated carbocycles. The van der Waals surface area contributed by atoms with E-state index in [1.165, 1.54) is 0 Å². The molecule has 1 fully saturated rings. The molecule has 1 aliphatic rings. The predicted molar refractivity (Wildman–Crippen MR) is 95.1 cm³/mol. The molecule has 1 N–H and O–H groups in total. The maximum absolute atomic E-state index is 12.6. The Morgan fingerprint density at radius 2 is 1.83 bits per heavy atom. The Balaban J connectivity index is 1.98. The number of Topliss-reactive ketones (excluding diaryl/α,β-unsaturated/α-hetero) is 1. The van der Waals surface area contributed by atoms with Crippen LogP contribution in [0.25, 0.3) is 0 Å². The summed E-state index contributed by atoms with van der Waals surface area (Å²) in [5.41, 5.74) is 1.05. The van der Waals surface area contributed by atoms with Crippen LogP contribution in [0, 0.1) is 5.92 Å². The van der Waals surface area contributed by atoms with Gasteiger partial charge in [-0.1, -0.05) is 37.6 Å². The van der Waals surface area contributed by atoms with Crippen LogP contribution in [-0.2, 0) is 9.53 Å². The number of benzene rings is 1. The van der Waals surface area contributed by atoms with Crippen molar-refractivity contribution in [2.45, 2.75) is 57.6 Å². The smallest absolute Gasteiger partial charge is 0.144 e. The van der Waals surface area contributed by atoms with Gasteiger partial charge >= 0.3 is 0 Å². The van der Waals surface area contributed by atoms with Gasteiger partial charge in [-0.15, -0.1) is 0 Å². The first-order valence-corrected chi connectivity index (χ1v) is 8.94. The minimum absolute atomic E-state index is 0.0294. The SMILES string of the molecule is COC1CCC(NC[C@@H](C(=O)C(C)C)c2ccc(Cl)cc2)CC1. The highest BCUT2D eigenvalue weighted by atomic mass is 35.5. The van der Waals surface area contributed by atoms with Gasteiger partial charge in [0.25, 0.3) is 0 Å². The fraction of sp³-hybridized carbons (Fsp3) is 0.632. The second-order valence-corrected chi connectivity index (χ2v) is 7.22. The van der Waals surface area contributed by atoms with E-state index in [9.17, 15) is 4.79 Å². The molecule has 23 heavy (non-hydrogen) atoms. The van der Waals surface area contributed by atoms with E-state index in [2.05, 4.69) is 5.32 Å². The first-order chi connectivity index (χ1) is 11.0. The van der Waals surface area contributed by atoms with Crippen LogP contribution in [0.1, 0.15) is 51.0 Å². The van der Waals surface area contributed by atoms with Gasteiger partial charge in [0, 0.05) is 30.6 Å². The average molecular weight is 338 g/mol. The van der Waals surface area contributed by atoms with E-state index in [4.69, 9.17) is 16.3 Å². The fourth-order valence-electron chi connectivity index (χ4n) is 3.27. The third-order valence-corrected chi connectivity index (χ3v) is 5.06. The lowest BCUT2D eigenvalue weighted by Crippen LogP contribution is -2.39. The van der Waals surface area contributed by atoms with Crippen LogP contribution in [0.4, 0.5) is 0 Å². The van der Waals surface area contributed by atoms with E-state index >= 15 is 0 Å². The van der Waals surface area contributed by atoms with Gasteiger partial charge in [-0.25, -0.2) is 0 Å².